The van der Waals surface area contributed by atoms with Gasteiger partial charge in [-0.1, -0.05) is 0 Å². The molecule has 7 nitrogen and oxygen atoms in total. The maximum absolute atomic E-state index is 12.6. The standard InChI is InChI=1S/C19H36N6O/c1-16(18(26)24-7-4-5-8-24)23-10-12-25(13-11-23)19(20-2)21-14-17-6-9-22(3)15-17/h16-17H,4-15H2,1-3H3,(H,20,21). The van der Waals surface area contributed by atoms with E-state index in [1.807, 2.05) is 11.9 Å². The lowest BCUT2D eigenvalue weighted by atomic mass is 10.1. The molecule has 7 heteroatoms. The Kier molecular flexibility index (Phi) is 6.75. The van der Waals surface area contributed by atoms with Crippen LogP contribution < -0.4 is 5.32 Å². The number of likely N-dealkylation sites (tertiary alicyclic amines) is 2. The van der Waals surface area contributed by atoms with Crippen molar-refractivity contribution in [2.75, 3.05) is 73.0 Å². The molecule has 0 saturated carbocycles. The molecule has 0 aromatic rings. The molecular formula is C19H36N6O. The van der Waals surface area contributed by atoms with Gasteiger partial charge in [0.15, 0.2) is 5.96 Å². The zero-order valence-electron chi connectivity index (χ0n) is 16.8. The van der Waals surface area contributed by atoms with E-state index in [0.29, 0.717) is 5.91 Å². The van der Waals surface area contributed by atoms with Crippen molar-refractivity contribution in [2.45, 2.75) is 32.2 Å². The van der Waals surface area contributed by atoms with Crippen molar-refractivity contribution < 1.29 is 4.79 Å². The fourth-order valence-corrected chi connectivity index (χ4v) is 4.44. The molecule has 3 saturated heterocycles. The van der Waals surface area contributed by atoms with Gasteiger partial charge in [0.05, 0.1) is 6.04 Å². The van der Waals surface area contributed by atoms with Crippen molar-refractivity contribution in [3.8, 4) is 0 Å². The van der Waals surface area contributed by atoms with Crippen LogP contribution in [0.4, 0.5) is 0 Å². The first-order valence-electron chi connectivity index (χ1n) is 10.3. The lowest BCUT2D eigenvalue weighted by molar-refractivity contribution is -0.135. The Bertz CT molecular complexity index is 496. The molecule has 0 spiro atoms. The van der Waals surface area contributed by atoms with Crippen molar-refractivity contribution in [1.29, 1.82) is 0 Å². The second-order valence-corrected chi connectivity index (χ2v) is 8.08. The predicted molar refractivity (Wildman–Crippen MR) is 105 cm³/mol. The highest BCUT2D eigenvalue weighted by Gasteiger charge is 2.30. The molecule has 1 amide bonds. The Labute approximate surface area is 158 Å². The Balaban J connectivity index is 1.43. The van der Waals surface area contributed by atoms with E-state index in [1.54, 1.807) is 0 Å². The summed E-state index contributed by atoms with van der Waals surface area (Å²) in [6, 6.07) is -0.000694. The van der Waals surface area contributed by atoms with E-state index in [1.165, 1.54) is 19.5 Å². The lowest BCUT2D eigenvalue weighted by Crippen LogP contribution is -2.57. The van der Waals surface area contributed by atoms with Gasteiger partial charge < -0.3 is 20.0 Å². The minimum atomic E-state index is -0.000694. The van der Waals surface area contributed by atoms with Crippen molar-refractivity contribution in [3.63, 3.8) is 0 Å². The third-order valence-electron chi connectivity index (χ3n) is 6.19. The molecule has 0 bridgehead atoms. The van der Waals surface area contributed by atoms with E-state index in [-0.39, 0.29) is 6.04 Å². The van der Waals surface area contributed by atoms with E-state index in [2.05, 4.69) is 39.0 Å². The van der Waals surface area contributed by atoms with E-state index in [9.17, 15) is 4.79 Å². The van der Waals surface area contributed by atoms with Crippen molar-refractivity contribution in [3.05, 3.63) is 0 Å². The van der Waals surface area contributed by atoms with Gasteiger partial charge in [0.2, 0.25) is 5.91 Å². The molecule has 3 rings (SSSR count). The number of nitrogens with one attached hydrogen (secondary N) is 1. The van der Waals surface area contributed by atoms with Crippen LogP contribution in [0.3, 0.4) is 0 Å². The zero-order valence-corrected chi connectivity index (χ0v) is 16.8. The van der Waals surface area contributed by atoms with Crippen LogP contribution >= 0.6 is 0 Å². The molecule has 0 aliphatic carbocycles. The van der Waals surface area contributed by atoms with Gasteiger partial charge in [-0.25, -0.2) is 0 Å². The van der Waals surface area contributed by atoms with Gasteiger partial charge in [0.25, 0.3) is 0 Å². The van der Waals surface area contributed by atoms with Crippen LogP contribution in [0.15, 0.2) is 4.99 Å². The SMILES string of the molecule is CN=C(NCC1CCN(C)C1)N1CCN(C(C)C(=O)N2CCCC2)CC1. The van der Waals surface area contributed by atoms with Crippen LogP contribution in [0.1, 0.15) is 26.2 Å². The summed E-state index contributed by atoms with van der Waals surface area (Å²) >= 11 is 0. The maximum atomic E-state index is 12.6. The van der Waals surface area contributed by atoms with Crippen molar-refractivity contribution >= 4 is 11.9 Å². The highest BCUT2D eigenvalue weighted by Crippen LogP contribution is 2.15. The summed E-state index contributed by atoms with van der Waals surface area (Å²) in [7, 11) is 4.06. The van der Waals surface area contributed by atoms with Crippen LogP contribution in [0.2, 0.25) is 0 Å². The monoisotopic (exact) mass is 364 g/mol. The van der Waals surface area contributed by atoms with Crippen LogP contribution in [0.5, 0.6) is 0 Å². The van der Waals surface area contributed by atoms with Crippen LogP contribution in [-0.4, -0.2) is 111 Å². The number of amides is 1. The highest BCUT2D eigenvalue weighted by molar-refractivity contribution is 5.82. The summed E-state index contributed by atoms with van der Waals surface area (Å²) in [5.41, 5.74) is 0. The van der Waals surface area contributed by atoms with Crippen molar-refractivity contribution in [2.24, 2.45) is 10.9 Å². The molecule has 2 unspecified atom stereocenters. The normalized spacial score (nSPS) is 27.2. The van der Waals surface area contributed by atoms with Gasteiger partial charge in [-0.15, -0.1) is 0 Å². The number of rotatable bonds is 4. The minimum absolute atomic E-state index is 0.000694. The second kappa shape index (κ2) is 9.04. The number of carbonyl (C=O) groups excluding carboxylic acids is 1. The number of guanidine groups is 1. The number of aliphatic imine (C=N–C) groups is 1. The fourth-order valence-electron chi connectivity index (χ4n) is 4.44. The largest absolute Gasteiger partial charge is 0.356 e. The van der Waals surface area contributed by atoms with Gasteiger partial charge in [-0.05, 0) is 45.7 Å². The molecule has 3 aliphatic rings. The van der Waals surface area contributed by atoms with Gasteiger partial charge in [0, 0.05) is 59.4 Å². The molecule has 1 N–H and O–H groups in total. The van der Waals surface area contributed by atoms with Crippen LogP contribution in [0.25, 0.3) is 0 Å². The first-order valence-corrected chi connectivity index (χ1v) is 10.3. The highest BCUT2D eigenvalue weighted by atomic mass is 16.2. The quantitative estimate of drug-likeness (QED) is 0.568. The molecule has 0 aromatic carbocycles. The van der Waals surface area contributed by atoms with Crippen molar-refractivity contribution in [1.82, 2.24) is 24.9 Å². The van der Waals surface area contributed by atoms with Gasteiger partial charge in [-0.3, -0.25) is 14.7 Å². The van der Waals surface area contributed by atoms with Gasteiger partial charge in [-0.2, -0.15) is 0 Å². The Morgan fingerprint density at radius 1 is 1.08 bits per heavy atom. The molecule has 0 aromatic heterocycles. The number of hydrogen-bond donors (Lipinski definition) is 1. The van der Waals surface area contributed by atoms with Crippen LogP contribution in [0, 0.1) is 5.92 Å². The second-order valence-electron chi connectivity index (χ2n) is 8.08. The summed E-state index contributed by atoms with van der Waals surface area (Å²) in [6.07, 6.45) is 3.58. The van der Waals surface area contributed by atoms with Gasteiger partial charge >= 0.3 is 0 Å². The maximum Gasteiger partial charge on any atom is 0.239 e. The predicted octanol–water partition coefficient (Wildman–Crippen LogP) is 0.142. The summed E-state index contributed by atoms with van der Waals surface area (Å²) in [5.74, 6) is 2.04. The molecule has 3 aliphatic heterocycles. The number of piperazine rings is 1. The Hall–Kier alpha value is -1.34. The number of nitrogens with zero attached hydrogens (tertiary/aromatic N) is 5. The Morgan fingerprint density at radius 3 is 2.35 bits per heavy atom. The van der Waals surface area contributed by atoms with Crippen LogP contribution in [-0.2, 0) is 4.79 Å². The third kappa shape index (κ3) is 4.68. The molecule has 3 heterocycles. The number of carbonyl (C=O) groups is 1. The first-order chi connectivity index (χ1) is 12.6. The lowest BCUT2D eigenvalue weighted by Gasteiger charge is -2.39. The topological polar surface area (TPSA) is 54.4 Å². The fraction of sp³-hybridized carbons (Fsp3) is 0.895. The molecule has 148 valence electrons. The molecule has 2 atom stereocenters. The summed E-state index contributed by atoms with van der Waals surface area (Å²) in [6.45, 7) is 11.0. The molecule has 26 heavy (non-hydrogen) atoms. The summed E-state index contributed by atoms with van der Waals surface area (Å²) in [5, 5.41) is 3.57. The smallest absolute Gasteiger partial charge is 0.239 e. The third-order valence-corrected chi connectivity index (χ3v) is 6.19. The van der Waals surface area contributed by atoms with E-state index >= 15 is 0 Å². The average Bonchev–Trinajstić information content (AvgIpc) is 3.33. The first kappa shape index (κ1) is 19.4. The average molecular weight is 365 g/mol. The van der Waals surface area contributed by atoms with Gasteiger partial charge in [0.1, 0.15) is 0 Å². The molecule has 3 fully saturated rings. The summed E-state index contributed by atoms with van der Waals surface area (Å²) in [4.78, 5) is 26.2. The molecular weight excluding hydrogens is 328 g/mol. The number of hydrogen-bond acceptors (Lipinski definition) is 4. The Morgan fingerprint density at radius 2 is 1.77 bits per heavy atom. The molecule has 0 radical (unpaired) electrons. The van der Waals surface area contributed by atoms with E-state index in [0.717, 1.165) is 70.5 Å². The summed E-state index contributed by atoms with van der Waals surface area (Å²) < 4.78 is 0. The van der Waals surface area contributed by atoms with E-state index < -0.39 is 0 Å². The minimum Gasteiger partial charge on any atom is -0.356 e. The zero-order chi connectivity index (χ0) is 18.5. The van der Waals surface area contributed by atoms with E-state index in [4.69, 9.17) is 0 Å².